The Morgan fingerprint density at radius 2 is 1.39 bits per heavy atom. The minimum absolute atomic E-state index is 0.187. The molecule has 180 valence electrons. The highest BCUT2D eigenvalue weighted by molar-refractivity contribution is 5.69. The molecule has 1 aromatic rings. The topological polar surface area (TPSA) is 103 Å². The summed E-state index contributed by atoms with van der Waals surface area (Å²) in [6.45, 7) is 12.9. The van der Waals surface area contributed by atoms with E-state index in [0.29, 0.717) is 65.8 Å². The van der Waals surface area contributed by atoms with Crippen LogP contribution >= 0.6 is 0 Å². The molecule has 0 bridgehead atoms. The Morgan fingerprint density at radius 3 is 2.00 bits per heavy atom. The fourth-order valence-electron chi connectivity index (χ4n) is 2.35. The Bertz CT molecular complexity index is 567. The van der Waals surface area contributed by atoms with Crippen molar-refractivity contribution in [2.75, 3.05) is 59.5 Å². The molecule has 0 fully saturated rings. The van der Waals surface area contributed by atoms with Crippen molar-refractivity contribution in [3.8, 4) is 0 Å². The molecule has 31 heavy (non-hydrogen) atoms. The third kappa shape index (κ3) is 16.7. The first kappa shape index (κ1) is 27.4. The van der Waals surface area contributed by atoms with Gasteiger partial charge < -0.3 is 28.4 Å². The Kier molecular flexibility index (Phi) is 16.0. The summed E-state index contributed by atoms with van der Waals surface area (Å²) in [4.78, 5) is 11.8. The Balaban J connectivity index is 1.98. The molecule has 10 nitrogen and oxygen atoms in total. The Hall–Kier alpha value is -1.59. The molecule has 0 aliphatic heterocycles. The highest BCUT2D eigenvalue weighted by atomic mass is 16.6. The lowest BCUT2D eigenvalue weighted by atomic mass is 10.2. The molecular weight excluding hydrogens is 406 g/mol. The van der Waals surface area contributed by atoms with E-state index < -0.39 is 0 Å². The first-order valence-corrected chi connectivity index (χ1v) is 11.0. The fraction of sp³-hybridized carbons (Fsp3) is 0.857. The van der Waals surface area contributed by atoms with E-state index in [-0.39, 0.29) is 31.2 Å². The number of carbonyl (C=O) groups is 1. The summed E-state index contributed by atoms with van der Waals surface area (Å²) in [7, 11) is 0. The predicted molar refractivity (Wildman–Crippen MR) is 114 cm³/mol. The van der Waals surface area contributed by atoms with E-state index in [1.54, 1.807) is 4.68 Å². The summed E-state index contributed by atoms with van der Waals surface area (Å²) < 4.78 is 33.8. The smallest absolute Gasteiger partial charge is 0.306 e. The van der Waals surface area contributed by atoms with Gasteiger partial charge in [-0.2, -0.15) is 0 Å². The summed E-state index contributed by atoms with van der Waals surface area (Å²) in [5.41, 5.74) is 0.743. The second-order valence-electron chi connectivity index (χ2n) is 7.37. The molecular formula is C21H39N3O7. The summed E-state index contributed by atoms with van der Waals surface area (Å²) in [5.74, 6) is -0.279. The molecule has 0 spiro atoms. The molecule has 0 saturated heterocycles. The first-order chi connectivity index (χ1) is 15.0. The molecule has 0 atom stereocenters. The number of nitrogens with zero attached hydrogens (tertiary/aromatic N) is 3. The third-order valence-corrected chi connectivity index (χ3v) is 3.86. The Morgan fingerprint density at radius 1 is 0.839 bits per heavy atom. The molecule has 0 N–H and O–H groups in total. The summed E-state index contributed by atoms with van der Waals surface area (Å²) in [5, 5.41) is 8.11. The second-order valence-corrected chi connectivity index (χ2v) is 7.37. The molecule has 0 amide bonds. The van der Waals surface area contributed by atoms with E-state index in [2.05, 4.69) is 10.3 Å². The van der Waals surface area contributed by atoms with E-state index in [1.165, 1.54) is 0 Å². The number of hydrogen-bond donors (Lipinski definition) is 0. The van der Waals surface area contributed by atoms with Gasteiger partial charge in [-0.15, -0.1) is 5.10 Å². The van der Waals surface area contributed by atoms with Crippen LogP contribution in [0.2, 0.25) is 0 Å². The number of ether oxygens (including phenoxy) is 6. The molecule has 0 saturated carbocycles. The third-order valence-electron chi connectivity index (χ3n) is 3.86. The van der Waals surface area contributed by atoms with Crippen LogP contribution in [0.5, 0.6) is 0 Å². The number of rotatable bonds is 20. The lowest BCUT2D eigenvalue weighted by molar-refractivity contribution is -0.145. The molecule has 1 aromatic heterocycles. The van der Waals surface area contributed by atoms with E-state index in [9.17, 15) is 4.79 Å². The minimum atomic E-state index is -0.279. The van der Waals surface area contributed by atoms with Crippen molar-refractivity contribution in [3.05, 3.63) is 11.9 Å². The van der Waals surface area contributed by atoms with Gasteiger partial charge in [0.25, 0.3) is 0 Å². The van der Waals surface area contributed by atoms with Crippen LogP contribution in [0.25, 0.3) is 0 Å². The van der Waals surface area contributed by atoms with Gasteiger partial charge in [-0.3, -0.25) is 4.79 Å². The minimum Gasteiger partial charge on any atom is -0.463 e. The van der Waals surface area contributed by atoms with Crippen molar-refractivity contribution in [3.63, 3.8) is 0 Å². The maximum atomic E-state index is 11.8. The van der Waals surface area contributed by atoms with Gasteiger partial charge in [0.05, 0.1) is 83.7 Å². The van der Waals surface area contributed by atoms with E-state index in [0.717, 1.165) is 5.69 Å². The summed E-state index contributed by atoms with van der Waals surface area (Å²) >= 11 is 0. The van der Waals surface area contributed by atoms with Crippen LogP contribution < -0.4 is 0 Å². The standard InChI is InChI=1S/C21H39N3O7/c1-18(2)29-14-11-27-10-9-26-8-7-24-17-20(22-23-24)5-6-21(25)31-16-13-28-12-15-30-19(3)4/h17-19H,5-16H2,1-4H3. The van der Waals surface area contributed by atoms with Gasteiger partial charge in [0.1, 0.15) is 6.61 Å². The van der Waals surface area contributed by atoms with Crippen LogP contribution in [0, 0.1) is 0 Å². The highest BCUT2D eigenvalue weighted by Crippen LogP contribution is 2.00. The summed E-state index contributed by atoms with van der Waals surface area (Å²) in [6, 6.07) is 0. The second kappa shape index (κ2) is 18.0. The lowest BCUT2D eigenvalue weighted by Gasteiger charge is -2.08. The van der Waals surface area contributed by atoms with Gasteiger partial charge in [-0.1, -0.05) is 5.21 Å². The number of hydrogen-bond acceptors (Lipinski definition) is 9. The fourth-order valence-corrected chi connectivity index (χ4v) is 2.35. The van der Waals surface area contributed by atoms with Gasteiger partial charge in [0, 0.05) is 12.6 Å². The van der Waals surface area contributed by atoms with E-state index >= 15 is 0 Å². The molecule has 0 aromatic carbocycles. The average Bonchev–Trinajstić information content (AvgIpc) is 3.17. The van der Waals surface area contributed by atoms with Crippen molar-refractivity contribution in [2.24, 2.45) is 0 Å². The molecule has 0 aliphatic rings. The van der Waals surface area contributed by atoms with Gasteiger partial charge in [0.15, 0.2) is 0 Å². The van der Waals surface area contributed by atoms with Crippen LogP contribution in [0.3, 0.4) is 0 Å². The molecule has 0 radical (unpaired) electrons. The van der Waals surface area contributed by atoms with Crippen molar-refractivity contribution in [1.82, 2.24) is 15.0 Å². The molecule has 1 rings (SSSR count). The molecule has 1 heterocycles. The van der Waals surface area contributed by atoms with Crippen LogP contribution in [0.15, 0.2) is 6.20 Å². The van der Waals surface area contributed by atoms with Crippen molar-refractivity contribution < 1.29 is 33.2 Å². The van der Waals surface area contributed by atoms with Gasteiger partial charge in [-0.05, 0) is 27.7 Å². The number of carbonyl (C=O) groups excluding carboxylic acids is 1. The van der Waals surface area contributed by atoms with Crippen LogP contribution in [0.4, 0.5) is 0 Å². The highest BCUT2D eigenvalue weighted by Gasteiger charge is 2.07. The van der Waals surface area contributed by atoms with Gasteiger partial charge in [0.2, 0.25) is 0 Å². The maximum absolute atomic E-state index is 11.8. The zero-order chi connectivity index (χ0) is 22.7. The quantitative estimate of drug-likeness (QED) is 0.219. The van der Waals surface area contributed by atoms with Crippen LogP contribution in [-0.4, -0.2) is 92.6 Å². The van der Waals surface area contributed by atoms with Crippen molar-refractivity contribution in [2.45, 2.75) is 59.3 Å². The van der Waals surface area contributed by atoms with Crippen LogP contribution in [0.1, 0.15) is 39.8 Å². The number of esters is 1. The molecule has 10 heteroatoms. The van der Waals surface area contributed by atoms with E-state index in [1.807, 2.05) is 33.9 Å². The van der Waals surface area contributed by atoms with Gasteiger partial charge in [-0.25, -0.2) is 4.68 Å². The molecule has 0 unspecified atom stereocenters. The normalized spacial score (nSPS) is 11.5. The zero-order valence-electron chi connectivity index (χ0n) is 19.4. The predicted octanol–water partition coefficient (Wildman–Crippen LogP) is 1.65. The van der Waals surface area contributed by atoms with Crippen LogP contribution in [-0.2, 0) is 46.2 Å². The monoisotopic (exact) mass is 445 g/mol. The zero-order valence-corrected chi connectivity index (χ0v) is 19.4. The van der Waals surface area contributed by atoms with E-state index in [4.69, 9.17) is 28.4 Å². The maximum Gasteiger partial charge on any atom is 0.306 e. The Labute approximate surface area is 185 Å². The van der Waals surface area contributed by atoms with Crippen molar-refractivity contribution >= 4 is 5.97 Å². The summed E-state index contributed by atoms with van der Waals surface area (Å²) in [6.07, 6.45) is 2.96. The first-order valence-electron chi connectivity index (χ1n) is 11.0. The average molecular weight is 446 g/mol. The van der Waals surface area contributed by atoms with Crippen molar-refractivity contribution in [1.29, 1.82) is 0 Å². The lowest BCUT2D eigenvalue weighted by Crippen LogP contribution is -2.14. The number of aryl methyl sites for hydroxylation is 1. The largest absolute Gasteiger partial charge is 0.463 e. The van der Waals surface area contributed by atoms with Gasteiger partial charge >= 0.3 is 5.97 Å². The molecule has 0 aliphatic carbocycles. The SMILES string of the molecule is CC(C)OCCOCCOCCn1cc(CCC(=O)OCCOCCOC(C)C)nn1. The number of aromatic nitrogens is 3.